The Morgan fingerprint density at radius 1 is 0.544 bits per heavy atom. The predicted octanol–water partition coefficient (Wildman–Crippen LogP) is 12.6. The summed E-state index contributed by atoms with van der Waals surface area (Å²) in [5.41, 5.74) is -0.479. The number of carboxylic acids is 3. The number of esters is 2. The van der Waals surface area contributed by atoms with Gasteiger partial charge in [-0.15, -0.1) is 0 Å². The molecule has 2 saturated heterocycles. The van der Waals surface area contributed by atoms with Gasteiger partial charge in [0.15, 0.2) is 0 Å². The number of ether oxygens (including phenoxy) is 2. The number of aliphatic carboxylic acids is 3. The quantitative estimate of drug-likeness (QED) is 0.0597. The van der Waals surface area contributed by atoms with E-state index in [1.807, 2.05) is 0 Å². The molecule has 0 amide bonds. The fourth-order valence-electron chi connectivity index (χ4n) is 8.98. The molecule has 10 nitrogen and oxygen atoms in total. The molecule has 2 aliphatic heterocycles. The molecule has 3 rings (SSSR count). The maximum absolute atomic E-state index is 13.3. The van der Waals surface area contributed by atoms with Gasteiger partial charge in [-0.2, -0.15) is 0 Å². The first-order chi connectivity index (χ1) is 27.5. The fourth-order valence-corrected chi connectivity index (χ4v) is 8.98. The highest BCUT2D eigenvalue weighted by Gasteiger charge is 2.62. The molecule has 3 atom stereocenters. The lowest BCUT2D eigenvalue weighted by Gasteiger charge is -2.39. The zero-order chi connectivity index (χ0) is 42.0. The molecule has 0 aromatic carbocycles. The van der Waals surface area contributed by atoms with E-state index in [2.05, 4.69) is 13.8 Å². The van der Waals surface area contributed by atoms with E-state index in [4.69, 9.17) is 24.8 Å². The average molecular weight is 809 g/mol. The van der Waals surface area contributed by atoms with Crippen LogP contribution in [0.5, 0.6) is 0 Å². The van der Waals surface area contributed by atoms with Crippen molar-refractivity contribution < 1.29 is 48.8 Å². The van der Waals surface area contributed by atoms with Crippen LogP contribution < -0.4 is 0 Å². The van der Waals surface area contributed by atoms with E-state index >= 15 is 0 Å². The molecule has 3 unspecified atom stereocenters. The Morgan fingerprint density at radius 2 is 0.947 bits per heavy atom. The number of cyclic esters (lactones) is 2. The number of hydrogen-bond donors (Lipinski definition) is 3. The SMILES string of the molecule is CCCCCCCC(=O)O.CCCCCCCCCCCCCCCC1CC23COC(=O)CCCCCCCCCC1(C2)C(=O)OC3.O=C(O)CCCCC(=O)O. The van der Waals surface area contributed by atoms with Crippen molar-refractivity contribution in [1.29, 1.82) is 0 Å². The number of carboxylic acid groups (broad SMARTS) is 3. The van der Waals surface area contributed by atoms with E-state index < -0.39 is 17.9 Å². The summed E-state index contributed by atoms with van der Waals surface area (Å²) >= 11 is 0. The zero-order valence-corrected chi connectivity index (χ0v) is 36.4. The molecule has 57 heavy (non-hydrogen) atoms. The lowest BCUT2D eigenvalue weighted by atomic mass is 9.70. The van der Waals surface area contributed by atoms with Gasteiger partial charge in [-0.3, -0.25) is 24.0 Å². The van der Waals surface area contributed by atoms with Crippen molar-refractivity contribution in [2.75, 3.05) is 13.2 Å². The Kier molecular flexibility index (Phi) is 30.5. The Labute approximate surface area is 346 Å². The van der Waals surface area contributed by atoms with E-state index in [-0.39, 0.29) is 35.6 Å². The minimum atomic E-state index is -0.870. The van der Waals surface area contributed by atoms with Crippen molar-refractivity contribution in [3.63, 3.8) is 0 Å². The smallest absolute Gasteiger partial charge is 0.312 e. The van der Waals surface area contributed by atoms with Gasteiger partial charge in [0.1, 0.15) is 13.2 Å². The number of carbonyl (C=O) groups excluding carboxylic acids is 2. The van der Waals surface area contributed by atoms with Crippen molar-refractivity contribution in [3.8, 4) is 0 Å². The largest absolute Gasteiger partial charge is 0.481 e. The van der Waals surface area contributed by atoms with Gasteiger partial charge in [0.2, 0.25) is 0 Å². The molecule has 0 spiro atoms. The molecule has 3 fully saturated rings. The van der Waals surface area contributed by atoms with Crippen LogP contribution in [0.4, 0.5) is 0 Å². The summed E-state index contributed by atoms with van der Waals surface area (Å²) in [6.07, 6.45) is 37.2. The number of unbranched alkanes of at least 4 members (excludes halogenated alkanes) is 17. The highest BCUT2D eigenvalue weighted by molar-refractivity contribution is 5.79. The molecule has 1 aliphatic carbocycles. The first-order valence-electron chi connectivity index (χ1n) is 23.5. The van der Waals surface area contributed by atoms with Gasteiger partial charge in [-0.25, -0.2) is 0 Å². The third-order valence-corrected chi connectivity index (χ3v) is 12.3. The third-order valence-electron chi connectivity index (χ3n) is 12.3. The fraction of sp³-hybridized carbons (Fsp3) is 0.894. The second-order valence-corrected chi connectivity index (χ2v) is 17.5. The first-order valence-corrected chi connectivity index (χ1v) is 23.5. The zero-order valence-electron chi connectivity index (χ0n) is 36.4. The van der Waals surface area contributed by atoms with Crippen LogP contribution in [0.25, 0.3) is 0 Å². The lowest BCUT2D eigenvalue weighted by molar-refractivity contribution is -0.173. The Morgan fingerprint density at radius 3 is 1.44 bits per heavy atom. The summed E-state index contributed by atoms with van der Waals surface area (Å²) in [5.74, 6) is -2.03. The monoisotopic (exact) mass is 809 g/mol. The molecular weight excluding hydrogens is 725 g/mol. The summed E-state index contributed by atoms with van der Waals surface area (Å²) in [6, 6.07) is 0. The van der Waals surface area contributed by atoms with Crippen LogP contribution in [0.1, 0.15) is 239 Å². The van der Waals surface area contributed by atoms with E-state index in [9.17, 15) is 24.0 Å². The van der Waals surface area contributed by atoms with Crippen LogP contribution in [0, 0.1) is 16.7 Å². The number of hydrogen-bond acceptors (Lipinski definition) is 7. The molecule has 332 valence electrons. The first kappa shape index (κ1) is 52.4. The van der Waals surface area contributed by atoms with Gasteiger partial charge in [-0.05, 0) is 57.3 Å². The topological polar surface area (TPSA) is 164 Å². The molecule has 10 heteroatoms. The van der Waals surface area contributed by atoms with Gasteiger partial charge < -0.3 is 24.8 Å². The maximum atomic E-state index is 13.3. The highest BCUT2D eigenvalue weighted by atomic mass is 16.6. The minimum absolute atomic E-state index is 0.0518. The minimum Gasteiger partial charge on any atom is -0.481 e. The average Bonchev–Trinajstić information content (AvgIpc) is 3.44. The van der Waals surface area contributed by atoms with Crippen molar-refractivity contribution >= 4 is 29.8 Å². The summed E-state index contributed by atoms with van der Waals surface area (Å²) in [4.78, 5) is 55.5. The number of carbonyl (C=O) groups is 5. The summed E-state index contributed by atoms with van der Waals surface area (Å²) < 4.78 is 11.6. The Balaban J connectivity index is 0.000000665. The van der Waals surface area contributed by atoms with Crippen LogP contribution in [0.3, 0.4) is 0 Å². The predicted molar refractivity (Wildman–Crippen MR) is 226 cm³/mol. The van der Waals surface area contributed by atoms with Gasteiger partial charge in [0.25, 0.3) is 0 Å². The van der Waals surface area contributed by atoms with E-state index in [1.165, 1.54) is 128 Å². The van der Waals surface area contributed by atoms with Crippen molar-refractivity contribution in [2.24, 2.45) is 16.7 Å². The van der Waals surface area contributed by atoms with E-state index in [1.54, 1.807) is 0 Å². The van der Waals surface area contributed by atoms with Crippen LogP contribution in [0.15, 0.2) is 0 Å². The van der Waals surface area contributed by atoms with Crippen LogP contribution in [0.2, 0.25) is 0 Å². The molecular formula is C47H84O10. The van der Waals surface area contributed by atoms with Crippen molar-refractivity contribution in [3.05, 3.63) is 0 Å². The van der Waals surface area contributed by atoms with E-state index in [0.29, 0.717) is 44.8 Å². The van der Waals surface area contributed by atoms with Gasteiger partial charge in [0.05, 0.1) is 5.41 Å². The summed E-state index contributed by atoms with van der Waals surface area (Å²) in [5, 5.41) is 24.5. The normalized spacial score (nSPS) is 22.3. The standard InChI is InChI=1S/C33H58O4.C8H16O2.C6H10O4/c1-2-3-4-5-6-7-8-9-10-11-13-16-19-22-29-25-32-26-33(29,31(35)37-28-32)24-21-18-15-12-14-17-20-23-30(34)36-27-32;1-2-3-4-5-6-7-8(9)10;7-5(8)3-1-2-4-6(9)10/h29H,2-28H2,1H3;2-7H2,1H3,(H,9,10);1-4H2,(H,7,8)(H,9,10). The van der Waals surface area contributed by atoms with Crippen molar-refractivity contribution in [1.82, 2.24) is 0 Å². The highest BCUT2D eigenvalue weighted by Crippen LogP contribution is 2.61. The van der Waals surface area contributed by atoms with Crippen molar-refractivity contribution in [2.45, 2.75) is 239 Å². The molecule has 2 heterocycles. The maximum Gasteiger partial charge on any atom is 0.312 e. The van der Waals surface area contributed by atoms with Crippen LogP contribution >= 0.6 is 0 Å². The third kappa shape index (κ3) is 25.4. The summed E-state index contributed by atoms with van der Waals surface area (Å²) in [7, 11) is 0. The number of rotatable bonds is 25. The molecule has 3 N–H and O–H groups in total. The lowest BCUT2D eigenvalue weighted by Crippen LogP contribution is -2.44. The van der Waals surface area contributed by atoms with Crippen LogP contribution in [-0.4, -0.2) is 58.4 Å². The second kappa shape index (κ2) is 33.2. The van der Waals surface area contributed by atoms with Gasteiger partial charge in [-0.1, -0.05) is 162 Å². The van der Waals surface area contributed by atoms with Crippen LogP contribution in [-0.2, 0) is 33.4 Å². The molecule has 3 aliphatic rings. The molecule has 0 aromatic heterocycles. The Bertz CT molecular complexity index is 1080. The van der Waals surface area contributed by atoms with E-state index in [0.717, 1.165) is 57.8 Å². The molecule has 2 bridgehead atoms. The Hall–Kier alpha value is -2.65. The second-order valence-electron chi connectivity index (χ2n) is 17.5. The van der Waals surface area contributed by atoms with Gasteiger partial charge >= 0.3 is 29.8 Å². The summed E-state index contributed by atoms with van der Waals surface area (Å²) in [6.45, 7) is 5.31. The van der Waals surface area contributed by atoms with Gasteiger partial charge in [0, 0.05) is 31.1 Å². The molecule has 0 aromatic rings. The molecule has 0 radical (unpaired) electrons. The molecule has 1 saturated carbocycles.